The lowest BCUT2D eigenvalue weighted by atomic mass is 9.92. The molecule has 2 atom stereocenters. The lowest BCUT2D eigenvalue weighted by Gasteiger charge is -2.34. The highest BCUT2D eigenvalue weighted by molar-refractivity contribution is 6.07. The summed E-state index contributed by atoms with van der Waals surface area (Å²) in [5, 5.41) is 12.9. The molecule has 3 amide bonds. The Labute approximate surface area is 156 Å². The van der Waals surface area contributed by atoms with Gasteiger partial charge in [-0.05, 0) is 31.7 Å². The predicted octanol–water partition coefficient (Wildman–Crippen LogP) is 0.340. The van der Waals surface area contributed by atoms with E-state index in [1.165, 1.54) is 13.0 Å². The average Bonchev–Trinajstić information content (AvgIpc) is 2.83. The second-order valence-electron chi connectivity index (χ2n) is 7.36. The first kappa shape index (κ1) is 19.7. The van der Waals surface area contributed by atoms with E-state index in [1.54, 1.807) is 0 Å². The van der Waals surface area contributed by atoms with Gasteiger partial charge in [-0.2, -0.15) is 0 Å². The number of hydrogen-bond acceptors (Lipinski definition) is 5. The van der Waals surface area contributed by atoms with Gasteiger partial charge in [-0.25, -0.2) is 13.6 Å². The minimum Gasteiger partial charge on any atom is -0.390 e. The minimum atomic E-state index is -1.50. The fourth-order valence-corrected chi connectivity index (χ4v) is 3.46. The molecule has 2 N–H and O–H groups in total. The van der Waals surface area contributed by atoms with Gasteiger partial charge in [-0.3, -0.25) is 14.6 Å². The van der Waals surface area contributed by atoms with Crippen molar-refractivity contribution < 1.29 is 23.5 Å². The number of amides is 3. The van der Waals surface area contributed by atoms with Crippen LogP contribution in [0.3, 0.4) is 0 Å². The maximum atomic E-state index is 13.6. The molecule has 1 aromatic rings. The van der Waals surface area contributed by atoms with Crippen molar-refractivity contribution in [2.24, 2.45) is 0 Å². The Kier molecular flexibility index (Phi) is 5.45. The minimum absolute atomic E-state index is 0.149. The monoisotopic (exact) mass is 382 g/mol. The number of imide groups is 1. The van der Waals surface area contributed by atoms with Crippen molar-refractivity contribution in [2.45, 2.75) is 18.6 Å². The molecule has 0 radical (unpaired) electrons. The summed E-state index contributed by atoms with van der Waals surface area (Å²) >= 11 is 0. The molecule has 2 fully saturated rings. The van der Waals surface area contributed by atoms with Gasteiger partial charge in [0, 0.05) is 32.7 Å². The number of likely N-dealkylation sites (N-methyl/N-ethyl adjacent to an activating group) is 1. The lowest BCUT2D eigenvalue weighted by molar-refractivity contribution is -0.132. The molecule has 2 saturated heterocycles. The molecule has 1 aromatic carbocycles. The van der Waals surface area contributed by atoms with Gasteiger partial charge in [0.05, 0.1) is 12.6 Å². The molecule has 0 bridgehead atoms. The molecular formula is C18H24F2N4O3. The molecule has 0 aliphatic carbocycles. The zero-order valence-corrected chi connectivity index (χ0v) is 15.4. The van der Waals surface area contributed by atoms with Crippen molar-refractivity contribution >= 4 is 11.9 Å². The van der Waals surface area contributed by atoms with E-state index in [9.17, 15) is 23.5 Å². The fourth-order valence-electron chi connectivity index (χ4n) is 3.46. The number of benzene rings is 1. The Morgan fingerprint density at radius 1 is 1.15 bits per heavy atom. The summed E-state index contributed by atoms with van der Waals surface area (Å²) in [6.07, 6.45) is -0.893. The average molecular weight is 382 g/mol. The molecule has 2 aliphatic rings. The quantitative estimate of drug-likeness (QED) is 0.719. The number of nitrogens with one attached hydrogen (secondary N) is 1. The molecule has 0 aromatic heterocycles. The highest BCUT2D eigenvalue weighted by Crippen LogP contribution is 2.29. The van der Waals surface area contributed by atoms with Crippen LogP contribution in [0.1, 0.15) is 12.5 Å². The van der Waals surface area contributed by atoms with Crippen LogP contribution < -0.4 is 5.32 Å². The molecule has 7 nitrogen and oxygen atoms in total. The highest BCUT2D eigenvalue weighted by Gasteiger charge is 2.49. The van der Waals surface area contributed by atoms with Gasteiger partial charge < -0.3 is 15.3 Å². The van der Waals surface area contributed by atoms with E-state index < -0.39 is 35.2 Å². The molecule has 148 valence electrons. The number of carbonyl (C=O) groups excluding carboxylic acids is 2. The zero-order valence-electron chi connectivity index (χ0n) is 15.4. The van der Waals surface area contributed by atoms with E-state index >= 15 is 0 Å². The van der Waals surface area contributed by atoms with Crippen molar-refractivity contribution in [3.8, 4) is 0 Å². The summed E-state index contributed by atoms with van der Waals surface area (Å²) in [6.45, 7) is 5.03. The number of halogens is 2. The third-order valence-corrected chi connectivity index (χ3v) is 5.23. The van der Waals surface area contributed by atoms with E-state index in [0.717, 1.165) is 43.2 Å². The number of aliphatic hydroxyl groups excluding tert-OH is 1. The van der Waals surface area contributed by atoms with E-state index in [0.29, 0.717) is 6.54 Å². The van der Waals surface area contributed by atoms with Crippen molar-refractivity contribution in [3.63, 3.8) is 0 Å². The van der Waals surface area contributed by atoms with Gasteiger partial charge in [0.25, 0.3) is 5.91 Å². The third kappa shape index (κ3) is 3.95. The second kappa shape index (κ2) is 7.49. The summed E-state index contributed by atoms with van der Waals surface area (Å²) in [4.78, 5) is 30.3. The molecule has 2 heterocycles. The van der Waals surface area contributed by atoms with E-state index in [1.807, 2.05) is 7.05 Å². The van der Waals surface area contributed by atoms with Gasteiger partial charge in [0.2, 0.25) is 0 Å². The number of carbonyl (C=O) groups is 2. The van der Waals surface area contributed by atoms with Gasteiger partial charge in [-0.15, -0.1) is 0 Å². The topological polar surface area (TPSA) is 76.1 Å². The summed E-state index contributed by atoms with van der Waals surface area (Å²) in [7, 11) is 2.03. The van der Waals surface area contributed by atoms with Crippen LogP contribution >= 0.6 is 0 Å². The van der Waals surface area contributed by atoms with Gasteiger partial charge in [-0.1, -0.05) is 6.07 Å². The molecule has 2 aliphatic heterocycles. The van der Waals surface area contributed by atoms with Crippen molar-refractivity contribution in [1.82, 2.24) is 20.0 Å². The Balaban J connectivity index is 1.67. The largest absolute Gasteiger partial charge is 0.390 e. The van der Waals surface area contributed by atoms with Crippen LogP contribution in [0, 0.1) is 11.6 Å². The van der Waals surface area contributed by atoms with Crippen molar-refractivity contribution in [2.75, 3.05) is 46.3 Å². The molecule has 9 heteroatoms. The van der Waals surface area contributed by atoms with Crippen molar-refractivity contribution in [1.29, 1.82) is 0 Å². The van der Waals surface area contributed by atoms with Gasteiger partial charge in [0.15, 0.2) is 11.6 Å². The number of nitrogens with zero attached hydrogens (tertiary/aromatic N) is 3. The van der Waals surface area contributed by atoms with Crippen LogP contribution in [0.4, 0.5) is 13.6 Å². The summed E-state index contributed by atoms with van der Waals surface area (Å²) < 4.78 is 26.7. The Hall–Kier alpha value is -2.10. The van der Waals surface area contributed by atoms with Crippen LogP contribution in [0.2, 0.25) is 0 Å². The smallest absolute Gasteiger partial charge is 0.325 e. The van der Waals surface area contributed by atoms with E-state index in [4.69, 9.17) is 0 Å². The molecule has 27 heavy (non-hydrogen) atoms. The molecule has 0 spiro atoms. The summed E-state index contributed by atoms with van der Waals surface area (Å²) in [6, 6.07) is 2.42. The van der Waals surface area contributed by atoms with Crippen LogP contribution in [0.15, 0.2) is 18.2 Å². The van der Waals surface area contributed by atoms with Gasteiger partial charge >= 0.3 is 6.03 Å². The van der Waals surface area contributed by atoms with Gasteiger partial charge in [0.1, 0.15) is 5.54 Å². The summed E-state index contributed by atoms with van der Waals surface area (Å²) in [5.41, 5.74) is -1.35. The van der Waals surface area contributed by atoms with E-state index in [-0.39, 0.29) is 12.1 Å². The van der Waals surface area contributed by atoms with Crippen LogP contribution in [-0.2, 0) is 10.3 Å². The SMILES string of the molecule is CN1CCN(C[C@H](O)CN2C(=O)N[C@](C)(c3ccc(F)c(F)c3)C2=O)CC1. The first-order chi connectivity index (χ1) is 12.7. The molecule has 0 unspecified atom stereocenters. The highest BCUT2D eigenvalue weighted by atomic mass is 19.2. The van der Waals surface area contributed by atoms with E-state index in [2.05, 4.69) is 15.1 Å². The number of hydrogen-bond donors (Lipinski definition) is 2. The number of rotatable bonds is 5. The Morgan fingerprint density at radius 3 is 2.44 bits per heavy atom. The third-order valence-electron chi connectivity index (χ3n) is 5.23. The number of urea groups is 1. The number of β-amino-alcohol motifs (C(OH)–C–C–N with tert-alkyl or cyclic N) is 1. The molecular weight excluding hydrogens is 358 g/mol. The standard InChI is InChI=1S/C18H24F2N4O3/c1-18(12-3-4-14(19)15(20)9-12)16(26)24(17(27)21-18)11-13(25)10-23-7-5-22(2)6-8-23/h3-4,9,13,25H,5-8,10-11H2,1-2H3,(H,21,27)/t13-,18+/m0/s1. The number of piperazine rings is 1. The van der Waals surface area contributed by atoms with Crippen LogP contribution in [0.25, 0.3) is 0 Å². The number of aliphatic hydroxyl groups is 1. The summed E-state index contributed by atoms with van der Waals surface area (Å²) in [5.74, 6) is -2.72. The Bertz CT molecular complexity index is 739. The fraction of sp³-hybridized carbons (Fsp3) is 0.556. The first-order valence-electron chi connectivity index (χ1n) is 8.89. The molecule has 3 rings (SSSR count). The zero-order chi connectivity index (χ0) is 19.8. The second-order valence-corrected chi connectivity index (χ2v) is 7.36. The van der Waals surface area contributed by atoms with Crippen LogP contribution in [-0.4, -0.2) is 84.2 Å². The predicted molar refractivity (Wildman–Crippen MR) is 93.9 cm³/mol. The Morgan fingerprint density at radius 2 is 1.81 bits per heavy atom. The first-order valence-corrected chi connectivity index (χ1v) is 8.89. The lowest BCUT2D eigenvalue weighted by Crippen LogP contribution is -2.49. The maximum absolute atomic E-state index is 13.6. The van der Waals surface area contributed by atoms with Crippen molar-refractivity contribution in [3.05, 3.63) is 35.4 Å². The van der Waals surface area contributed by atoms with Crippen LogP contribution in [0.5, 0.6) is 0 Å². The maximum Gasteiger partial charge on any atom is 0.325 e. The normalized spacial score (nSPS) is 25.7. The molecule has 0 saturated carbocycles.